The number of hydrogen-bond acceptors (Lipinski definition) is 4. The molecule has 0 unspecified atom stereocenters. The van der Waals surface area contributed by atoms with Crippen LogP contribution in [-0.4, -0.2) is 23.6 Å². The molecule has 2 aromatic carbocycles. The molecule has 134 valence electrons. The Morgan fingerprint density at radius 2 is 1.92 bits per heavy atom. The Labute approximate surface area is 153 Å². The van der Waals surface area contributed by atoms with Crippen molar-refractivity contribution in [3.8, 4) is 0 Å². The Morgan fingerprint density at radius 3 is 2.62 bits per heavy atom. The van der Waals surface area contributed by atoms with Crippen LogP contribution in [0.3, 0.4) is 0 Å². The van der Waals surface area contributed by atoms with Crippen molar-refractivity contribution in [2.24, 2.45) is 4.99 Å². The topological polar surface area (TPSA) is 60.7 Å². The minimum atomic E-state index is -0.567. The highest BCUT2D eigenvalue weighted by molar-refractivity contribution is 7.16. The van der Waals surface area contributed by atoms with Crippen LogP contribution in [-0.2, 0) is 16.1 Å². The largest absolute Gasteiger partial charge is 0.468 e. The van der Waals surface area contributed by atoms with E-state index in [1.54, 1.807) is 4.57 Å². The van der Waals surface area contributed by atoms with Crippen molar-refractivity contribution in [3.05, 3.63) is 63.7 Å². The normalized spacial score (nSPS) is 11.8. The van der Waals surface area contributed by atoms with Crippen LogP contribution in [0.4, 0.5) is 4.39 Å². The second-order valence-corrected chi connectivity index (χ2v) is 6.89. The molecule has 0 atom stereocenters. The summed E-state index contributed by atoms with van der Waals surface area (Å²) < 4.78 is 20.7. The smallest absolute Gasteiger partial charge is 0.325 e. The Bertz CT molecular complexity index is 1080. The maximum Gasteiger partial charge on any atom is 0.325 e. The van der Waals surface area contributed by atoms with Crippen LogP contribution in [0.1, 0.15) is 21.5 Å². The average Bonchev–Trinajstić information content (AvgIpc) is 2.91. The third kappa shape index (κ3) is 3.57. The van der Waals surface area contributed by atoms with Gasteiger partial charge in [-0.15, -0.1) is 0 Å². The van der Waals surface area contributed by atoms with Gasteiger partial charge in [-0.3, -0.25) is 9.59 Å². The van der Waals surface area contributed by atoms with Gasteiger partial charge in [-0.1, -0.05) is 17.4 Å². The van der Waals surface area contributed by atoms with E-state index >= 15 is 0 Å². The quantitative estimate of drug-likeness (QED) is 0.662. The molecule has 0 aliphatic rings. The van der Waals surface area contributed by atoms with Gasteiger partial charge < -0.3 is 9.30 Å². The summed E-state index contributed by atoms with van der Waals surface area (Å²) in [6, 6.07) is 9.31. The van der Waals surface area contributed by atoms with E-state index in [1.807, 2.05) is 26.0 Å². The van der Waals surface area contributed by atoms with Crippen LogP contribution >= 0.6 is 11.3 Å². The summed E-state index contributed by atoms with van der Waals surface area (Å²) in [5, 5.41) is 0. The summed E-state index contributed by atoms with van der Waals surface area (Å²) in [6.07, 6.45) is 0. The van der Waals surface area contributed by atoms with Crippen molar-refractivity contribution >= 4 is 33.4 Å². The number of hydrogen-bond donors (Lipinski definition) is 0. The number of fused-ring (bicyclic) bond motifs is 1. The molecule has 7 heteroatoms. The van der Waals surface area contributed by atoms with E-state index in [9.17, 15) is 14.0 Å². The number of thiazole rings is 1. The first-order chi connectivity index (χ1) is 12.4. The number of benzene rings is 2. The Morgan fingerprint density at radius 1 is 1.19 bits per heavy atom. The fraction of sp³-hybridized carbons (Fsp3) is 0.211. The predicted molar refractivity (Wildman–Crippen MR) is 97.6 cm³/mol. The third-order valence-corrected chi connectivity index (χ3v) is 5.12. The number of rotatable bonds is 3. The molecule has 0 fully saturated rings. The number of nitrogens with zero attached hydrogens (tertiary/aromatic N) is 2. The number of amides is 1. The lowest BCUT2D eigenvalue weighted by Crippen LogP contribution is -2.22. The average molecular weight is 372 g/mol. The molecule has 0 aliphatic heterocycles. The minimum absolute atomic E-state index is 0.0612. The van der Waals surface area contributed by atoms with Crippen molar-refractivity contribution in [1.29, 1.82) is 0 Å². The lowest BCUT2D eigenvalue weighted by molar-refractivity contribution is -0.141. The second kappa shape index (κ2) is 7.21. The zero-order valence-corrected chi connectivity index (χ0v) is 15.4. The number of methoxy groups -OCH3 is 1. The van der Waals surface area contributed by atoms with Crippen molar-refractivity contribution < 1.29 is 18.7 Å². The van der Waals surface area contributed by atoms with Gasteiger partial charge in [0.1, 0.15) is 12.4 Å². The summed E-state index contributed by atoms with van der Waals surface area (Å²) in [7, 11) is 1.31. The van der Waals surface area contributed by atoms with E-state index in [-0.39, 0.29) is 12.1 Å². The molecule has 0 bridgehead atoms. The number of aryl methyl sites for hydroxylation is 2. The number of carbonyl (C=O) groups is 2. The fourth-order valence-electron chi connectivity index (χ4n) is 2.53. The zero-order valence-electron chi connectivity index (χ0n) is 14.6. The molecular weight excluding hydrogens is 355 g/mol. The molecule has 1 amide bonds. The maximum absolute atomic E-state index is 13.4. The Balaban J connectivity index is 2.18. The maximum atomic E-state index is 13.4. The van der Waals surface area contributed by atoms with E-state index in [0.717, 1.165) is 27.4 Å². The van der Waals surface area contributed by atoms with Gasteiger partial charge in [-0.25, -0.2) is 4.39 Å². The predicted octanol–water partition coefficient (Wildman–Crippen LogP) is 3.37. The highest BCUT2D eigenvalue weighted by atomic mass is 32.1. The lowest BCUT2D eigenvalue weighted by Gasteiger charge is -2.05. The number of carbonyl (C=O) groups excluding carboxylic acids is 2. The number of esters is 1. The van der Waals surface area contributed by atoms with Crippen LogP contribution < -0.4 is 4.80 Å². The van der Waals surface area contributed by atoms with E-state index in [4.69, 9.17) is 4.74 Å². The first-order valence-corrected chi connectivity index (χ1v) is 8.72. The molecule has 26 heavy (non-hydrogen) atoms. The van der Waals surface area contributed by atoms with Crippen LogP contribution in [0.5, 0.6) is 0 Å². The summed E-state index contributed by atoms with van der Waals surface area (Å²) >= 11 is 1.30. The Kier molecular flexibility index (Phi) is 4.99. The van der Waals surface area contributed by atoms with Crippen molar-refractivity contribution in [3.63, 3.8) is 0 Å². The van der Waals surface area contributed by atoms with Gasteiger partial charge in [0.15, 0.2) is 4.80 Å². The van der Waals surface area contributed by atoms with Gasteiger partial charge >= 0.3 is 5.97 Å². The molecule has 3 rings (SSSR count). The van der Waals surface area contributed by atoms with Gasteiger partial charge in [0, 0.05) is 5.56 Å². The van der Waals surface area contributed by atoms with Gasteiger partial charge in [0.25, 0.3) is 5.91 Å². The lowest BCUT2D eigenvalue weighted by atomic mass is 10.1. The summed E-state index contributed by atoms with van der Waals surface area (Å²) in [5.74, 6) is -1.51. The van der Waals surface area contributed by atoms with E-state index in [1.165, 1.54) is 36.6 Å². The summed E-state index contributed by atoms with van der Waals surface area (Å²) in [5.41, 5.74) is 3.12. The Hall–Kier alpha value is -2.80. The van der Waals surface area contributed by atoms with Gasteiger partial charge in [0.05, 0.1) is 17.3 Å². The monoisotopic (exact) mass is 372 g/mol. The molecule has 5 nitrogen and oxygen atoms in total. The molecule has 1 heterocycles. The van der Waals surface area contributed by atoms with E-state index in [2.05, 4.69) is 4.99 Å². The summed E-state index contributed by atoms with van der Waals surface area (Å²) in [4.78, 5) is 28.7. The highest BCUT2D eigenvalue weighted by Crippen LogP contribution is 2.22. The molecule has 0 saturated heterocycles. The van der Waals surface area contributed by atoms with Crippen LogP contribution in [0.2, 0.25) is 0 Å². The van der Waals surface area contributed by atoms with E-state index < -0.39 is 17.7 Å². The SMILES string of the molecule is COC(=O)Cn1c(=NC(=O)c2cccc(F)c2)sc2cc(C)c(C)cc21. The molecule has 0 spiro atoms. The van der Waals surface area contributed by atoms with Gasteiger partial charge in [-0.05, 0) is 55.3 Å². The summed E-state index contributed by atoms with van der Waals surface area (Å²) in [6.45, 7) is 3.91. The molecular formula is C19H17FN2O3S. The fourth-order valence-corrected chi connectivity index (χ4v) is 3.63. The first-order valence-electron chi connectivity index (χ1n) is 7.91. The third-order valence-electron chi connectivity index (χ3n) is 4.08. The van der Waals surface area contributed by atoms with Crippen molar-refractivity contribution in [2.75, 3.05) is 7.11 Å². The second-order valence-electron chi connectivity index (χ2n) is 5.88. The van der Waals surface area contributed by atoms with Gasteiger partial charge in [0.2, 0.25) is 0 Å². The molecule has 0 radical (unpaired) electrons. The molecule has 0 N–H and O–H groups in total. The standard InChI is InChI=1S/C19H17FN2O3S/c1-11-7-15-16(8-12(11)2)26-19(22(15)10-17(23)25-3)21-18(24)13-5-4-6-14(20)9-13/h4-9H,10H2,1-3H3. The molecule has 1 aromatic heterocycles. The van der Waals surface area contributed by atoms with E-state index in [0.29, 0.717) is 4.80 Å². The van der Waals surface area contributed by atoms with Crippen LogP contribution in [0, 0.1) is 19.7 Å². The van der Waals surface area contributed by atoms with Crippen molar-refractivity contribution in [2.45, 2.75) is 20.4 Å². The molecule has 0 aliphatic carbocycles. The molecule has 0 saturated carbocycles. The first kappa shape index (κ1) is 18.0. The van der Waals surface area contributed by atoms with Crippen LogP contribution in [0.15, 0.2) is 41.4 Å². The van der Waals surface area contributed by atoms with Crippen LogP contribution in [0.25, 0.3) is 10.2 Å². The molecule has 3 aromatic rings. The minimum Gasteiger partial charge on any atom is -0.468 e. The van der Waals surface area contributed by atoms with Gasteiger partial charge in [-0.2, -0.15) is 4.99 Å². The number of halogens is 1. The highest BCUT2D eigenvalue weighted by Gasteiger charge is 2.13. The number of ether oxygens (including phenoxy) is 1. The van der Waals surface area contributed by atoms with Crippen molar-refractivity contribution in [1.82, 2.24) is 4.57 Å². The zero-order chi connectivity index (χ0) is 18.8. The number of aromatic nitrogens is 1.